The summed E-state index contributed by atoms with van der Waals surface area (Å²) in [6.45, 7) is 3.38. The standard InChI is InChI=1S/C22H28N4O3/c23-18-6-9-25(13-22(18)7-1-8-22)11-14-2-3-16-15(10-14)12-26(21(16)29)17-4-5-19(27)24-20(17)28/h2-3,10,17-18H,1,4-9,11-13,23H2,(H,24,27,28). The first-order chi connectivity index (χ1) is 13.9. The minimum absolute atomic E-state index is 0.113. The number of amides is 3. The van der Waals surface area contributed by atoms with Gasteiger partial charge in [0.2, 0.25) is 11.8 Å². The number of nitrogens with one attached hydrogen (secondary N) is 1. The van der Waals surface area contributed by atoms with Gasteiger partial charge in [-0.2, -0.15) is 0 Å². The second-order valence-electron chi connectivity index (χ2n) is 9.21. The maximum atomic E-state index is 12.8. The van der Waals surface area contributed by atoms with Crippen LogP contribution in [0, 0.1) is 5.41 Å². The zero-order valence-corrected chi connectivity index (χ0v) is 16.7. The molecule has 0 aromatic heterocycles. The number of fused-ring (bicyclic) bond motifs is 1. The summed E-state index contributed by atoms with van der Waals surface area (Å²) in [5.74, 6) is -0.736. The second kappa shape index (κ2) is 6.92. The van der Waals surface area contributed by atoms with Crippen LogP contribution in [0.25, 0.3) is 0 Å². The molecule has 2 unspecified atom stereocenters. The molecule has 2 atom stereocenters. The smallest absolute Gasteiger partial charge is 0.255 e. The van der Waals surface area contributed by atoms with Crippen LogP contribution >= 0.6 is 0 Å². The van der Waals surface area contributed by atoms with E-state index in [1.807, 2.05) is 12.1 Å². The molecule has 29 heavy (non-hydrogen) atoms. The molecule has 1 aromatic rings. The van der Waals surface area contributed by atoms with Crippen LogP contribution in [0.5, 0.6) is 0 Å². The number of likely N-dealkylation sites (tertiary alicyclic amines) is 1. The fourth-order valence-corrected chi connectivity index (χ4v) is 5.55. The van der Waals surface area contributed by atoms with Gasteiger partial charge in [-0.05, 0) is 48.3 Å². The molecule has 0 bridgehead atoms. The maximum Gasteiger partial charge on any atom is 0.255 e. The van der Waals surface area contributed by atoms with Gasteiger partial charge in [0.15, 0.2) is 0 Å². The fraction of sp³-hybridized carbons (Fsp3) is 0.591. The monoisotopic (exact) mass is 396 g/mol. The van der Waals surface area contributed by atoms with Crippen molar-refractivity contribution >= 4 is 17.7 Å². The topological polar surface area (TPSA) is 95.7 Å². The first-order valence-corrected chi connectivity index (χ1v) is 10.7. The number of hydrogen-bond acceptors (Lipinski definition) is 5. The van der Waals surface area contributed by atoms with E-state index >= 15 is 0 Å². The lowest BCUT2D eigenvalue weighted by Crippen LogP contribution is -2.58. The molecular weight excluding hydrogens is 368 g/mol. The third-order valence-corrected chi connectivity index (χ3v) is 7.42. The molecule has 3 N–H and O–H groups in total. The van der Waals surface area contributed by atoms with E-state index in [1.54, 1.807) is 4.90 Å². The molecule has 7 heteroatoms. The lowest BCUT2D eigenvalue weighted by Gasteiger charge is -2.52. The first kappa shape index (κ1) is 18.8. The molecule has 1 saturated carbocycles. The Morgan fingerprint density at radius 1 is 1.17 bits per heavy atom. The van der Waals surface area contributed by atoms with Gasteiger partial charge in [-0.25, -0.2) is 0 Å². The molecule has 3 aliphatic heterocycles. The molecule has 5 rings (SSSR count). The number of rotatable bonds is 3. The van der Waals surface area contributed by atoms with E-state index in [9.17, 15) is 14.4 Å². The van der Waals surface area contributed by atoms with Crippen LogP contribution in [0.15, 0.2) is 18.2 Å². The summed E-state index contributed by atoms with van der Waals surface area (Å²) < 4.78 is 0. The van der Waals surface area contributed by atoms with Gasteiger partial charge in [0, 0.05) is 44.2 Å². The van der Waals surface area contributed by atoms with Crippen LogP contribution in [-0.2, 0) is 22.7 Å². The Bertz CT molecular complexity index is 879. The first-order valence-electron chi connectivity index (χ1n) is 10.7. The van der Waals surface area contributed by atoms with Crippen molar-refractivity contribution in [2.24, 2.45) is 11.1 Å². The van der Waals surface area contributed by atoms with Crippen LogP contribution in [-0.4, -0.2) is 52.7 Å². The molecule has 7 nitrogen and oxygen atoms in total. The summed E-state index contributed by atoms with van der Waals surface area (Å²) in [7, 11) is 0. The average molecular weight is 396 g/mol. The number of hydrogen-bond donors (Lipinski definition) is 2. The molecule has 0 radical (unpaired) electrons. The second-order valence-corrected chi connectivity index (χ2v) is 9.21. The van der Waals surface area contributed by atoms with Crippen molar-refractivity contribution in [3.63, 3.8) is 0 Å². The third-order valence-electron chi connectivity index (χ3n) is 7.42. The fourth-order valence-electron chi connectivity index (χ4n) is 5.55. The molecule has 2 saturated heterocycles. The van der Waals surface area contributed by atoms with Crippen LogP contribution in [0.2, 0.25) is 0 Å². The minimum atomic E-state index is -0.557. The molecule has 3 fully saturated rings. The van der Waals surface area contributed by atoms with E-state index in [0.29, 0.717) is 30.0 Å². The zero-order chi connectivity index (χ0) is 20.2. The Hall–Kier alpha value is -2.25. The number of benzene rings is 1. The predicted octanol–water partition coefficient (Wildman–Crippen LogP) is 1.15. The largest absolute Gasteiger partial charge is 0.327 e. The molecule has 1 aromatic carbocycles. The van der Waals surface area contributed by atoms with Crippen molar-refractivity contribution < 1.29 is 14.4 Å². The number of nitrogens with zero attached hydrogens (tertiary/aromatic N) is 2. The Morgan fingerprint density at radius 2 is 2.00 bits per heavy atom. The van der Waals surface area contributed by atoms with E-state index in [2.05, 4.69) is 16.3 Å². The molecule has 1 spiro atoms. The van der Waals surface area contributed by atoms with Crippen LogP contribution in [0.3, 0.4) is 0 Å². The van der Waals surface area contributed by atoms with E-state index in [1.165, 1.54) is 24.8 Å². The van der Waals surface area contributed by atoms with Gasteiger partial charge in [-0.1, -0.05) is 18.6 Å². The van der Waals surface area contributed by atoms with Crippen molar-refractivity contribution in [1.29, 1.82) is 0 Å². The van der Waals surface area contributed by atoms with E-state index in [-0.39, 0.29) is 24.1 Å². The maximum absolute atomic E-state index is 12.8. The van der Waals surface area contributed by atoms with Gasteiger partial charge in [0.05, 0.1) is 0 Å². The van der Waals surface area contributed by atoms with Gasteiger partial charge in [0.25, 0.3) is 5.91 Å². The summed E-state index contributed by atoms with van der Waals surface area (Å²) in [5.41, 5.74) is 9.57. The van der Waals surface area contributed by atoms with Gasteiger partial charge in [0.1, 0.15) is 6.04 Å². The lowest BCUT2D eigenvalue weighted by molar-refractivity contribution is -0.136. The molecule has 3 heterocycles. The number of nitrogens with two attached hydrogens (primary N) is 1. The summed E-state index contributed by atoms with van der Waals surface area (Å²) in [6, 6.07) is 5.81. The van der Waals surface area contributed by atoms with Crippen molar-refractivity contribution in [1.82, 2.24) is 15.1 Å². The summed E-state index contributed by atoms with van der Waals surface area (Å²) in [4.78, 5) is 40.5. The molecule has 1 aliphatic carbocycles. The minimum Gasteiger partial charge on any atom is -0.327 e. The zero-order valence-electron chi connectivity index (χ0n) is 16.7. The summed E-state index contributed by atoms with van der Waals surface area (Å²) in [6.07, 6.45) is 5.49. The highest BCUT2D eigenvalue weighted by Gasteiger charge is 2.46. The van der Waals surface area contributed by atoms with Crippen molar-refractivity contribution in [2.75, 3.05) is 13.1 Å². The van der Waals surface area contributed by atoms with E-state index in [0.717, 1.165) is 31.6 Å². The number of piperidine rings is 2. The number of imide groups is 1. The van der Waals surface area contributed by atoms with Crippen LogP contribution < -0.4 is 11.1 Å². The van der Waals surface area contributed by atoms with Gasteiger partial charge in [-0.3, -0.25) is 24.6 Å². The SMILES string of the molecule is NC1CCN(Cc2ccc3c(c2)CN(C2CCC(=O)NC2=O)C3=O)CC12CCC2. The van der Waals surface area contributed by atoms with E-state index < -0.39 is 6.04 Å². The Labute approximate surface area is 170 Å². The van der Waals surface area contributed by atoms with Gasteiger partial charge in [-0.15, -0.1) is 0 Å². The summed E-state index contributed by atoms with van der Waals surface area (Å²) >= 11 is 0. The molecular formula is C22H28N4O3. The third kappa shape index (κ3) is 3.16. The van der Waals surface area contributed by atoms with Crippen molar-refractivity contribution in [3.05, 3.63) is 34.9 Å². The normalized spacial score (nSPS) is 29.0. The molecule has 3 amide bonds. The van der Waals surface area contributed by atoms with Gasteiger partial charge < -0.3 is 10.6 Å². The average Bonchev–Trinajstić information content (AvgIpc) is 2.98. The molecule has 4 aliphatic rings. The number of carbonyl (C=O) groups is 3. The highest BCUT2D eigenvalue weighted by atomic mass is 16.2. The van der Waals surface area contributed by atoms with Gasteiger partial charge >= 0.3 is 0 Å². The lowest BCUT2D eigenvalue weighted by atomic mass is 9.61. The van der Waals surface area contributed by atoms with Crippen LogP contribution in [0.4, 0.5) is 0 Å². The Morgan fingerprint density at radius 3 is 2.72 bits per heavy atom. The highest BCUT2D eigenvalue weighted by molar-refractivity contribution is 6.05. The quantitative estimate of drug-likeness (QED) is 0.748. The predicted molar refractivity (Wildman–Crippen MR) is 107 cm³/mol. The Kier molecular flexibility index (Phi) is 4.47. The van der Waals surface area contributed by atoms with E-state index in [4.69, 9.17) is 5.73 Å². The number of carbonyl (C=O) groups excluding carboxylic acids is 3. The molecule has 154 valence electrons. The van der Waals surface area contributed by atoms with Crippen molar-refractivity contribution in [2.45, 2.75) is 63.7 Å². The van der Waals surface area contributed by atoms with Crippen molar-refractivity contribution in [3.8, 4) is 0 Å². The summed E-state index contributed by atoms with van der Waals surface area (Å²) in [5, 5.41) is 2.35. The Balaban J connectivity index is 1.29. The highest BCUT2D eigenvalue weighted by Crippen LogP contribution is 2.47. The van der Waals surface area contributed by atoms with Crippen LogP contribution in [0.1, 0.15) is 60.0 Å².